The molecule has 0 bridgehead atoms. The van der Waals surface area contributed by atoms with Gasteiger partial charge < -0.3 is 10.1 Å². The number of nitrogens with one attached hydrogen (secondary N) is 1. The average Bonchev–Trinajstić information content (AvgIpc) is 3.13. The van der Waals surface area contributed by atoms with Crippen LogP contribution in [0.3, 0.4) is 0 Å². The minimum absolute atomic E-state index is 0.223. The largest absolute Gasteiger partial charge is 0.381 e. The van der Waals surface area contributed by atoms with Gasteiger partial charge in [0.25, 0.3) is 0 Å². The predicted molar refractivity (Wildman–Crippen MR) is 66.4 cm³/mol. The van der Waals surface area contributed by atoms with Crippen molar-refractivity contribution >= 4 is 10.0 Å². The van der Waals surface area contributed by atoms with Crippen molar-refractivity contribution in [3.05, 3.63) is 0 Å². The Kier molecular flexibility index (Phi) is 4.41. The van der Waals surface area contributed by atoms with Crippen LogP contribution >= 0.6 is 0 Å². The van der Waals surface area contributed by atoms with Gasteiger partial charge >= 0.3 is 0 Å². The molecule has 100 valence electrons. The maximum atomic E-state index is 12.0. The molecule has 5 nitrogen and oxygen atoms in total. The van der Waals surface area contributed by atoms with Crippen LogP contribution in [0.5, 0.6) is 0 Å². The monoisotopic (exact) mass is 262 g/mol. The highest BCUT2D eigenvalue weighted by molar-refractivity contribution is 7.89. The van der Waals surface area contributed by atoms with Crippen molar-refractivity contribution in [3.8, 4) is 0 Å². The molecule has 0 amide bonds. The SMILES string of the molecule is COC1CCN(S(=O)(=O)CCNC2CC2)CC1. The third-order valence-electron chi connectivity index (χ3n) is 3.50. The van der Waals surface area contributed by atoms with E-state index < -0.39 is 10.0 Å². The van der Waals surface area contributed by atoms with Crippen LogP contribution in [0.15, 0.2) is 0 Å². The highest BCUT2D eigenvalue weighted by atomic mass is 32.2. The molecule has 1 saturated carbocycles. The number of sulfonamides is 1. The van der Waals surface area contributed by atoms with E-state index in [9.17, 15) is 8.42 Å². The highest BCUT2D eigenvalue weighted by Gasteiger charge is 2.28. The second-order valence-corrected chi connectivity index (χ2v) is 6.97. The fourth-order valence-electron chi connectivity index (χ4n) is 2.15. The third kappa shape index (κ3) is 3.91. The summed E-state index contributed by atoms with van der Waals surface area (Å²) in [7, 11) is -1.38. The number of methoxy groups -OCH3 is 1. The summed E-state index contributed by atoms with van der Waals surface area (Å²) in [5.74, 6) is 0.223. The van der Waals surface area contributed by atoms with Gasteiger partial charge in [-0.25, -0.2) is 12.7 Å². The van der Waals surface area contributed by atoms with E-state index in [-0.39, 0.29) is 11.9 Å². The van der Waals surface area contributed by atoms with E-state index in [1.807, 2.05) is 0 Å². The molecule has 2 fully saturated rings. The molecule has 1 aliphatic heterocycles. The molecule has 1 N–H and O–H groups in total. The molecule has 6 heteroatoms. The van der Waals surface area contributed by atoms with Crippen molar-refractivity contribution in [2.45, 2.75) is 37.8 Å². The quantitative estimate of drug-likeness (QED) is 0.742. The summed E-state index contributed by atoms with van der Waals surface area (Å²) >= 11 is 0. The first-order valence-electron chi connectivity index (χ1n) is 6.36. The van der Waals surface area contributed by atoms with Crippen LogP contribution < -0.4 is 5.32 Å². The van der Waals surface area contributed by atoms with Crippen molar-refractivity contribution in [2.24, 2.45) is 0 Å². The Morgan fingerprint density at radius 2 is 1.88 bits per heavy atom. The average molecular weight is 262 g/mol. The van der Waals surface area contributed by atoms with E-state index in [0.717, 1.165) is 12.8 Å². The maximum Gasteiger partial charge on any atom is 0.215 e. The molecule has 1 heterocycles. The van der Waals surface area contributed by atoms with E-state index in [0.29, 0.717) is 25.7 Å². The molecule has 0 aromatic carbocycles. The molecule has 0 radical (unpaired) electrons. The van der Waals surface area contributed by atoms with Crippen molar-refractivity contribution in [2.75, 3.05) is 32.5 Å². The zero-order chi connectivity index (χ0) is 12.3. The third-order valence-corrected chi connectivity index (χ3v) is 5.37. The lowest BCUT2D eigenvalue weighted by atomic mass is 10.1. The van der Waals surface area contributed by atoms with E-state index in [2.05, 4.69) is 5.32 Å². The molecule has 0 aromatic rings. The maximum absolute atomic E-state index is 12.0. The van der Waals surface area contributed by atoms with Crippen molar-refractivity contribution in [3.63, 3.8) is 0 Å². The number of rotatable bonds is 6. The summed E-state index contributed by atoms with van der Waals surface area (Å²) in [6, 6.07) is 0.574. The van der Waals surface area contributed by atoms with E-state index in [1.165, 1.54) is 12.8 Å². The second kappa shape index (κ2) is 5.65. The van der Waals surface area contributed by atoms with Gasteiger partial charge in [0.05, 0.1) is 11.9 Å². The van der Waals surface area contributed by atoms with Gasteiger partial charge in [0.2, 0.25) is 10.0 Å². The Labute approximate surface area is 104 Å². The summed E-state index contributed by atoms with van der Waals surface area (Å²) < 4.78 is 30.9. The van der Waals surface area contributed by atoms with Crippen LogP contribution in [0.4, 0.5) is 0 Å². The lowest BCUT2D eigenvalue weighted by Crippen LogP contribution is -2.43. The van der Waals surface area contributed by atoms with Gasteiger partial charge in [0.1, 0.15) is 0 Å². The highest BCUT2D eigenvalue weighted by Crippen LogP contribution is 2.19. The van der Waals surface area contributed by atoms with E-state index in [4.69, 9.17) is 4.74 Å². The van der Waals surface area contributed by atoms with Crippen molar-refractivity contribution in [1.29, 1.82) is 0 Å². The summed E-state index contributed by atoms with van der Waals surface area (Å²) in [4.78, 5) is 0. The molecular formula is C11H22N2O3S. The number of piperidine rings is 1. The topological polar surface area (TPSA) is 58.6 Å². The second-order valence-electron chi connectivity index (χ2n) is 4.88. The molecule has 0 aromatic heterocycles. The Morgan fingerprint density at radius 3 is 2.41 bits per heavy atom. The zero-order valence-electron chi connectivity index (χ0n) is 10.4. The standard InChI is InChI=1S/C11H22N2O3S/c1-16-11-4-7-13(8-5-11)17(14,15)9-6-12-10-2-3-10/h10-12H,2-9H2,1H3. The number of nitrogens with zero attached hydrogens (tertiary/aromatic N) is 1. The van der Waals surface area contributed by atoms with Crippen LogP contribution in [0.2, 0.25) is 0 Å². The van der Waals surface area contributed by atoms with Gasteiger partial charge in [-0.1, -0.05) is 0 Å². The summed E-state index contributed by atoms with van der Waals surface area (Å²) in [5, 5.41) is 3.24. The lowest BCUT2D eigenvalue weighted by molar-refractivity contribution is 0.0604. The molecule has 17 heavy (non-hydrogen) atoms. The van der Waals surface area contributed by atoms with Crippen LogP contribution in [-0.4, -0.2) is 57.4 Å². The summed E-state index contributed by atoms with van der Waals surface area (Å²) in [6.07, 6.45) is 4.24. The number of hydrogen-bond donors (Lipinski definition) is 1. The van der Waals surface area contributed by atoms with E-state index in [1.54, 1.807) is 11.4 Å². The molecule has 2 aliphatic rings. The minimum Gasteiger partial charge on any atom is -0.381 e. The van der Waals surface area contributed by atoms with Crippen LogP contribution in [0, 0.1) is 0 Å². The predicted octanol–water partition coefficient (Wildman–Crippen LogP) is 0.179. The number of hydrogen-bond acceptors (Lipinski definition) is 4. The van der Waals surface area contributed by atoms with E-state index >= 15 is 0 Å². The smallest absolute Gasteiger partial charge is 0.215 e. The molecular weight excluding hydrogens is 240 g/mol. The molecule has 0 unspecified atom stereocenters. The molecule has 0 spiro atoms. The Morgan fingerprint density at radius 1 is 1.24 bits per heavy atom. The van der Waals surface area contributed by atoms with Gasteiger partial charge in [-0.2, -0.15) is 0 Å². The first-order valence-corrected chi connectivity index (χ1v) is 7.97. The van der Waals surface area contributed by atoms with Gasteiger partial charge in [-0.15, -0.1) is 0 Å². The van der Waals surface area contributed by atoms with Gasteiger partial charge in [0, 0.05) is 32.8 Å². The first kappa shape index (κ1) is 13.3. The molecule has 1 aliphatic carbocycles. The first-order chi connectivity index (χ1) is 8.12. The summed E-state index contributed by atoms with van der Waals surface area (Å²) in [5.41, 5.74) is 0. The van der Waals surface area contributed by atoms with Crippen LogP contribution in [0.1, 0.15) is 25.7 Å². The minimum atomic E-state index is -3.07. The van der Waals surface area contributed by atoms with Gasteiger partial charge in [0.15, 0.2) is 0 Å². The Bertz CT molecular complexity index is 333. The fraction of sp³-hybridized carbons (Fsp3) is 1.00. The lowest BCUT2D eigenvalue weighted by Gasteiger charge is -2.30. The number of ether oxygens (including phenoxy) is 1. The molecule has 1 saturated heterocycles. The van der Waals surface area contributed by atoms with Crippen molar-refractivity contribution < 1.29 is 13.2 Å². The fourth-order valence-corrected chi connectivity index (χ4v) is 3.56. The Balaban J connectivity index is 1.74. The van der Waals surface area contributed by atoms with Gasteiger partial charge in [-0.05, 0) is 25.7 Å². The molecule has 0 atom stereocenters. The Hall–Kier alpha value is -0.170. The van der Waals surface area contributed by atoms with Gasteiger partial charge in [-0.3, -0.25) is 0 Å². The normalized spacial score (nSPS) is 24.1. The van der Waals surface area contributed by atoms with Crippen LogP contribution in [0.25, 0.3) is 0 Å². The van der Waals surface area contributed by atoms with Crippen molar-refractivity contribution in [1.82, 2.24) is 9.62 Å². The molecule has 2 rings (SSSR count). The zero-order valence-corrected chi connectivity index (χ0v) is 11.2. The summed E-state index contributed by atoms with van der Waals surface area (Å²) in [6.45, 7) is 1.78. The van der Waals surface area contributed by atoms with Crippen LogP contribution in [-0.2, 0) is 14.8 Å².